The van der Waals surface area contributed by atoms with Crippen LogP contribution in [0.3, 0.4) is 0 Å². The minimum Gasteiger partial charge on any atom is -0.310 e. The molecule has 320 valence electrons. The number of aromatic nitrogens is 1. The first-order chi connectivity index (χ1) is 33.3. The third-order valence-electron chi connectivity index (χ3n) is 14.4. The van der Waals surface area contributed by atoms with E-state index in [1.54, 1.807) is 0 Å². The second-order valence-corrected chi connectivity index (χ2v) is 19.3. The second-order valence-electron chi connectivity index (χ2n) is 18.2. The van der Waals surface area contributed by atoms with Crippen molar-refractivity contribution in [3.63, 3.8) is 0 Å². The predicted molar refractivity (Wildman–Crippen MR) is 288 cm³/mol. The number of nitrogens with zero attached hydrogens (tertiary/aromatic N) is 2. The molecule has 3 heteroatoms. The van der Waals surface area contributed by atoms with E-state index in [4.69, 9.17) is 0 Å². The Morgan fingerprint density at radius 2 is 1.07 bits per heavy atom. The summed E-state index contributed by atoms with van der Waals surface area (Å²) in [7, 11) is 0. The molecule has 2 heterocycles. The van der Waals surface area contributed by atoms with Crippen LogP contribution in [-0.2, 0) is 0 Å². The predicted octanol–water partition coefficient (Wildman–Crippen LogP) is 18.8. The van der Waals surface area contributed by atoms with Crippen LogP contribution in [-0.4, -0.2) is 4.57 Å². The van der Waals surface area contributed by atoms with Crippen LogP contribution in [0.25, 0.3) is 91.8 Å². The van der Waals surface area contributed by atoms with Gasteiger partial charge in [0.05, 0.1) is 16.7 Å². The smallest absolute Gasteiger partial charge is 0.0547 e. The van der Waals surface area contributed by atoms with Gasteiger partial charge in [0, 0.05) is 53.6 Å². The van der Waals surface area contributed by atoms with Gasteiger partial charge in [-0.15, -0.1) is 11.3 Å². The Labute approximate surface area is 395 Å². The first-order valence-electron chi connectivity index (χ1n) is 23.9. The molecule has 0 spiro atoms. The van der Waals surface area contributed by atoms with Crippen molar-refractivity contribution in [2.24, 2.45) is 0 Å². The maximum absolute atomic E-state index is 2.50. The molecule has 2 nitrogen and oxygen atoms in total. The molecule has 2 aromatic heterocycles. The van der Waals surface area contributed by atoms with Crippen molar-refractivity contribution >= 4 is 81.1 Å². The highest BCUT2D eigenvalue weighted by Crippen LogP contribution is 2.48. The average Bonchev–Trinajstić information content (AvgIpc) is 3.96. The lowest BCUT2D eigenvalue weighted by molar-refractivity contribution is 0.445. The van der Waals surface area contributed by atoms with Crippen molar-refractivity contribution < 1.29 is 0 Å². The van der Waals surface area contributed by atoms with E-state index in [1.165, 1.54) is 124 Å². The van der Waals surface area contributed by atoms with E-state index < -0.39 is 0 Å². The molecule has 0 N–H and O–H groups in total. The number of para-hydroxylation sites is 3. The Balaban J connectivity index is 1.01. The van der Waals surface area contributed by atoms with Crippen molar-refractivity contribution in [2.75, 3.05) is 4.90 Å². The van der Waals surface area contributed by atoms with Gasteiger partial charge in [-0.2, -0.15) is 0 Å². The molecule has 0 radical (unpaired) electrons. The number of benzene rings is 10. The number of thiophene rings is 1. The van der Waals surface area contributed by atoms with E-state index in [1.807, 2.05) is 11.3 Å². The van der Waals surface area contributed by atoms with Crippen molar-refractivity contribution in [3.05, 3.63) is 230 Å². The summed E-state index contributed by atoms with van der Waals surface area (Å²) in [6, 6.07) is 83.5. The Hall–Kier alpha value is -7.72. The number of anilines is 3. The normalized spacial score (nSPS) is 13.3. The molecule has 10 aromatic carbocycles. The largest absolute Gasteiger partial charge is 0.310 e. The van der Waals surface area contributed by atoms with Crippen molar-refractivity contribution in [2.45, 2.75) is 38.0 Å². The Morgan fingerprint density at radius 3 is 1.96 bits per heavy atom. The Morgan fingerprint density at radius 1 is 0.418 bits per heavy atom. The van der Waals surface area contributed by atoms with Gasteiger partial charge in [-0.3, -0.25) is 0 Å². The molecule has 1 aliphatic carbocycles. The lowest BCUT2D eigenvalue weighted by Gasteiger charge is -2.29. The van der Waals surface area contributed by atoms with Gasteiger partial charge in [0.2, 0.25) is 0 Å². The first-order valence-corrected chi connectivity index (χ1v) is 24.7. The van der Waals surface area contributed by atoms with E-state index in [0.29, 0.717) is 5.92 Å². The molecular formula is C64H48N2S. The Kier molecular flexibility index (Phi) is 9.83. The zero-order chi connectivity index (χ0) is 44.3. The quantitative estimate of drug-likeness (QED) is 0.148. The third-order valence-corrected chi connectivity index (χ3v) is 15.6. The minimum absolute atomic E-state index is 0.576. The SMILES string of the molecule is c1ccc(-n2c3ccccc3c3c(-c4cccc(N(c5ccc(-c6cccc7c6sc6ccccc67)cc5)c5ccccc5-c5cccc6cccc(C7CCCCC7)c56)c4)cccc32)cc1. The summed E-state index contributed by atoms with van der Waals surface area (Å²) in [5.41, 5.74) is 15.9. The summed E-state index contributed by atoms with van der Waals surface area (Å²) >= 11 is 1.89. The molecule has 0 amide bonds. The van der Waals surface area contributed by atoms with E-state index >= 15 is 0 Å². The number of rotatable bonds is 8. The number of hydrogen-bond donors (Lipinski definition) is 0. The fraction of sp³-hybridized carbons (Fsp3) is 0.0938. The summed E-state index contributed by atoms with van der Waals surface area (Å²) in [6.45, 7) is 0. The highest BCUT2D eigenvalue weighted by molar-refractivity contribution is 7.26. The summed E-state index contributed by atoms with van der Waals surface area (Å²) in [5, 5.41) is 7.86. The second kappa shape index (κ2) is 16.6. The highest BCUT2D eigenvalue weighted by Gasteiger charge is 2.24. The molecule has 1 aliphatic rings. The summed E-state index contributed by atoms with van der Waals surface area (Å²) in [5.74, 6) is 0.576. The fourth-order valence-electron chi connectivity index (χ4n) is 11.4. The van der Waals surface area contributed by atoms with Gasteiger partial charge in [0.25, 0.3) is 0 Å². The van der Waals surface area contributed by atoms with Gasteiger partial charge in [0.15, 0.2) is 0 Å². The molecule has 0 bridgehead atoms. The van der Waals surface area contributed by atoms with E-state index in [-0.39, 0.29) is 0 Å². The first kappa shape index (κ1) is 39.6. The van der Waals surface area contributed by atoms with Crippen LogP contribution < -0.4 is 4.90 Å². The van der Waals surface area contributed by atoms with E-state index in [0.717, 1.165) is 22.7 Å². The lowest BCUT2D eigenvalue weighted by atomic mass is 9.80. The molecule has 1 saturated carbocycles. The molecule has 0 saturated heterocycles. The van der Waals surface area contributed by atoms with E-state index in [2.05, 4.69) is 234 Å². The van der Waals surface area contributed by atoms with Crippen LogP contribution >= 0.6 is 11.3 Å². The van der Waals surface area contributed by atoms with Gasteiger partial charge in [-0.25, -0.2) is 0 Å². The van der Waals surface area contributed by atoms with Crippen LogP contribution in [0.4, 0.5) is 17.1 Å². The van der Waals surface area contributed by atoms with Gasteiger partial charge >= 0.3 is 0 Å². The van der Waals surface area contributed by atoms with Crippen LogP contribution in [0.15, 0.2) is 224 Å². The van der Waals surface area contributed by atoms with Crippen molar-refractivity contribution in [1.29, 1.82) is 0 Å². The van der Waals surface area contributed by atoms with Crippen LogP contribution in [0, 0.1) is 0 Å². The van der Waals surface area contributed by atoms with Gasteiger partial charge in [0.1, 0.15) is 0 Å². The summed E-state index contributed by atoms with van der Waals surface area (Å²) < 4.78 is 5.07. The standard InChI is InChI=1S/C64H48N2S/c1-3-18-43(19-4-1)50-29-14-20-45-21-15-32-55(62(45)50)53-26-7-10-34-58(53)65(48-40-38-44(39-41-48)52-31-16-33-56-54-27-9-12-37-61(54)67-64(52)56)49-25-13-22-46(42-49)51-30-17-36-60-63(51)57-28-8-11-35-59(57)66(60)47-23-5-2-6-24-47/h2,5-17,20-43H,1,3-4,18-19H2. The van der Waals surface area contributed by atoms with Crippen LogP contribution in [0.5, 0.6) is 0 Å². The van der Waals surface area contributed by atoms with E-state index in [9.17, 15) is 0 Å². The molecule has 12 aromatic rings. The number of fused-ring (bicyclic) bond motifs is 7. The maximum atomic E-state index is 2.50. The summed E-state index contributed by atoms with van der Waals surface area (Å²) in [6.07, 6.45) is 6.46. The molecule has 13 rings (SSSR count). The molecule has 0 aliphatic heterocycles. The van der Waals surface area contributed by atoms with Crippen molar-refractivity contribution in [1.82, 2.24) is 4.57 Å². The third kappa shape index (κ3) is 6.76. The average molecular weight is 877 g/mol. The van der Waals surface area contributed by atoms with Gasteiger partial charge in [-0.1, -0.05) is 183 Å². The van der Waals surface area contributed by atoms with Gasteiger partial charge in [-0.05, 0) is 124 Å². The zero-order valence-corrected chi connectivity index (χ0v) is 38.1. The highest BCUT2D eigenvalue weighted by atomic mass is 32.1. The lowest BCUT2D eigenvalue weighted by Crippen LogP contribution is -2.11. The summed E-state index contributed by atoms with van der Waals surface area (Å²) in [4.78, 5) is 2.50. The number of hydrogen-bond acceptors (Lipinski definition) is 2. The van der Waals surface area contributed by atoms with Crippen LogP contribution in [0.2, 0.25) is 0 Å². The van der Waals surface area contributed by atoms with Crippen LogP contribution in [0.1, 0.15) is 43.6 Å². The minimum atomic E-state index is 0.576. The fourth-order valence-corrected chi connectivity index (χ4v) is 12.6. The maximum Gasteiger partial charge on any atom is 0.0547 e. The molecule has 0 atom stereocenters. The molecular weight excluding hydrogens is 829 g/mol. The molecule has 1 fully saturated rings. The van der Waals surface area contributed by atoms with Gasteiger partial charge < -0.3 is 9.47 Å². The zero-order valence-electron chi connectivity index (χ0n) is 37.3. The molecule has 67 heavy (non-hydrogen) atoms. The topological polar surface area (TPSA) is 8.17 Å². The Bertz CT molecular complexity index is 3790. The van der Waals surface area contributed by atoms with Crippen molar-refractivity contribution in [3.8, 4) is 39.1 Å². The molecule has 0 unspecified atom stereocenters. The monoisotopic (exact) mass is 876 g/mol.